The van der Waals surface area contributed by atoms with Gasteiger partial charge < -0.3 is 16.0 Å². The Morgan fingerprint density at radius 1 is 1.27 bits per heavy atom. The average Bonchev–Trinajstić information content (AvgIpc) is 2.67. The number of piperidine rings is 1. The van der Waals surface area contributed by atoms with Crippen LogP contribution in [0.2, 0.25) is 0 Å². The highest BCUT2D eigenvalue weighted by molar-refractivity contribution is 5.78. The molecule has 140 valence electrons. The van der Waals surface area contributed by atoms with E-state index < -0.39 is 0 Å². The summed E-state index contributed by atoms with van der Waals surface area (Å²) in [4.78, 5) is 30.3. The van der Waals surface area contributed by atoms with Crippen LogP contribution in [0.25, 0.3) is 0 Å². The first-order chi connectivity index (χ1) is 12.6. The van der Waals surface area contributed by atoms with Gasteiger partial charge in [-0.1, -0.05) is 17.7 Å². The molecular formula is C20H28N4O2. The second-order valence-electron chi connectivity index (χ2n) is 7.21. The lowest BCUT2D eigenvalue weighted by Gasteiger charge is -2.32. The molecule has 6 heteroatoms. The van der Waals surface area contributed by atoms with E-state index in [4.69, 9.17) is 5.73 Å². The van der Waals surface area contributed by atoms with E-state index in [9.17, 15) is 9.59 Å². The maximum atomic E-state index is 12.3. The minimum absolute atomic E-state index is 0.0399. The van der Waals surface area contributed by atoms with Crippen LogP contribution in [0.1, 0.15) is 50.5 Å². The fourth-order valence-electron chi connectivity index (χ4n) is 3.76. The molecule has 3 rings (SSSR count). The number of amides is 2. The van der Waals surface area contributed by atoms with Gasteiger partial charge in [0.25, 0.3) is 0 Å². The Morgan fingerprint density at radius 2 is 2.08 bits per heavy atom. The van der Waals surface area contributed by atoms with Crippen molar-refractivity contribution in [3.05, 3.63) is 35.5 Å². The predicted molar refractivity (Wildman–Crippen MR) is 101 cm³/mol. The van der Waals surface area contributed by atoms with Gasteiger partial charge in [-0.05, 0) is 44.6 Å². The zero-order chi connectivity index (χ0) is 18.4. The number of carbonyl (C=O) groups excluding carboxylic acids is 2. The molecule has 0 radical (unpaired) electrons. The average molecular weight is 356 g/mol. The number of primary amides is 1. The molecule has 2 aliphatic rings. The summed E-state index contributed by atoms with van der Waals surface area (Å²) in [5, 5.41) is 3.03. The van der Waals surface area contributed by atoms with Crippen molar-refractivity contribution in [2.24, 2.45) is 11.7 Å². The number of nitrogens with one attached hydrogen (secondary N) is 1. The molecule has 0 bridgehead atoms. The Kier molecular flexibility index (Phi) is 6.26. The quantitative estimate of drug-likeness (QED) is 0.766. The van der Waals surface area contributed by atoms with E-state index >= 15 is 0 Å². The van der Waals surface area contributed by atoms with Crippen LogP contribution >= 0.6 is 0 Å². The molecule has 6 nitrogen and oxygen atoms in total. The lowest BCUT2D eigenvalue weighted by atomic mass is 9.96. The molecule has 0 aromatic carbocycles. The van der Waals surface area contributed by atoms with Crippen LogP contribution in [-0.2, 0) is 16.1 Å². The Morgan fingerprint density at radius 3 is 2.77 bits per heavy atom. The van der Waals surface area contributed by atoms with Gasteiger partial charge in [0.2, 0.25) is 11.8 Å². The third kappa shape index (κ3) is 4.84. The molecular weight excluding hydrogens is 328 g/mol. The van der Waals surface area contributed by atoms with Crippen molar-refractivity contribution in [2.45, 2.75) is 51.5 Å². The van der Waals surface area contributed by atoms with Crippen molar-refractivity contribution in [1.82, 2.24) is 10.3 Å². The van der Waals surface area contributed by atoms with E-state index in [0.29, 0.717) is 13.0 Å². The Labute approximate surface area is 154 Å². The lowest BCUT2D eigenvalue weighted by molar-refractivity contribution is -0.122. The molecule has 3 N–H and O–H groups in total. The standard InChI is InChI=1S/C20H28N4O2/c21-19(26)16-8-11-24(12-9-16)20-17(7-4-10-22-20)14-23-18(25)13-15-5-2-1-3-6-15/h4-5,7,10,16H,1-3,6,8-9,11-14H2,(H2,21,26)(H,23,25). The molecule has 1 aromatic heterocycles. The molecule has 1 saturated heterocycles. The van der Waals surface area contributed by atoms with E-state index in [1.165, 1.54) is 18.4 Å². The van der Waals surface area contributed by atoms with Crippen molar-refractivity contribution in [1.29, 1.82) is 0 Å². The number of rotatable bonds is 6. The number of allylic oxidation sites excluding steroid dienone is 1. The molecule has 1 aliphatic carbocycles. The molecule has 1 aromatic rings. The number of anilines is 1. The number of aromatic nitrogens is 1. The summed E-state index contributed by atoms with van der Waals surface area (Å²) >= 11 is 0. The highest BCUT2D eigenvalue weighted by atomic mass is 16.2. The van der Waals surface area contributed by atoms with Crippen LogP contribution in [0.15, 0.2) is 30.0 Å². The molecule has 2 heterocycles. The molecule has 0 unspecified atom stereocenters. The third-order valence-electron chi connectivity index (χ3n) is 5.31. The minimum Gasteiger partial charge on any atom is -0.369 e. The number of pyridine rings is 1. The first-order valence-electron chi connectivity index (χ1n) is 9.56. The fraction of sp³-hybridized carbons (Fsp3) is 0.550. The van der Waals surface area contributed by atoms with Gasteiger partial charge in [-0.3, -0.25) is 9.59 Å². The zero-order valence-corrected chi connectivity index (χ0v) is 15.2. The van der Waals surface area contributed by atoms with Crippen molar-refractivity contribution in [3.8, 4) is 0 Å². The summed E-state index contributed by atoms with van der Waals surface area (Å²) in [6.45, 7) is 2.00. The number of hydrogen-bond donors (Lipinski definition) is 2. The first-order valence-corrected chi connectivity index (χ1v) is 9.56. The Bertz CT molecular complexity index is 678. The Balaban J connectivity index is 1.56. The van der Waals surface area contributed by atoms with Crippen molar-refractivity contribution in [3.63, 3.8) is 0 Å². The van der Waals surface area contributed by atoms with Gasteiger partial charge in [-0.15, -0.1) is 0 Å². The normalized spacial score (nSPS) is 18.3. The van der Waals surface area contributed by atoms with Crippen molar-refractivity contribution < 1.29 is 9.59 Å². The van der Waals surface area contributed by atoms with Gasteiger partial charge in [0.1, 0.15) is 5.82 Å². The lowest BCUT2D eigenvalue weighted by Crippen LogP contribution is -2.39. The largest absolute Gasteiger partial charge is 0.369 e. The van der Waals surface area contributed by atoms with Gasteiger partial charge in [0.15, 0.2) is 0 Å². The summed E-state index contributed by atoms with van der Waals surface area (Å²) in [5.74, 6) is 0.713. The minimum atomic E-state index is -0.213. The van der Waals surface area contributed by atoms with E-state index in [1.807, 2.05) is 12.1 Å². The smallest absolute Gasteiger partial charge is 0.224 e. The third-order valence-corrected chi connectivity index (χ3v) is 5.31. The topological polar surface area (TPSA) is 88.3 Å². The molecule has 0 atom stereocenters. The molecule has 2 amide bonds. The number of hydrogen-bond acceptors (Lipinski definition) is 4. The molecule has 0 saturated carbocycles. The van der Waals surface area contributed by atoms with E-state index in [0.717, 1.165) is 50.2 Å². The van der Waals surface area contributed by atoms with Crippen molar-refractivity contribution >= 4 is 17.6 Å². The van der Waals surface area contributed by atoms with Gasteiger partial charge in [-0.25, -0.2) is 4.98 Å². The maximum absolute atomic E-state index is 12.3. The number of nitrogens with zero attached hydrogens (tertiary/aromatic N) is 2. The van der Waals surface area contributed by atoms with E-state index in [1.54, 1.807) is 6.20 Å². The second kappa shape index (κ2) is 8.83. The van der Waals surface area contributed by atoms with Crippen LogP contribution in [-0.4, -0.2) is 29.9 Å². The SMILES string of the molecule is NC(=O)C1CCN(c2ncccc2CNC(=O)CC2=CCCCC2)CC1. The molecule has 26 heavy (non-hydrogen) atoms. The zero-order valence-electron chi connectivity index (χ0n) is 15.2. The van der Waals surface area contributed by atoms with E-state index in [-0.39, 0.29) is 17.7 Å². The van der Waals surface area contributed by atoms with Crippen LogP contribution in [0.3, 0.4) is 0 Å². The van der Waals surface area contributed by atoms with Gasteiger partial charge in [-0.2, -0.15) is 0 Å². The van der Waals surface area contributed by atoms with Gasteiger partial charge in [0, 0.05) is 43.7 Å². The van der Waals surface area contributed by atoms with Crippen LogP contribution in [0, 0.1) is 5.92 Å². The first kappa shape index (κ1) is 18.4. The van der Waals surface area contributed by atoms with Gasteiger partial charge in [0.05, 0.1) is 0 Å². The molecule has 1 fully saturated rings. The van der Waals surface area contributed by atoms with Gasteiger partial charge >= 0.3 is 0 Å². The van der Waals surface area contributed by atoms with E-state index in [2.05, 4.69) is 21.3 Å². The highest BCUT2D eigenvalue weighted by Gasteiger charge is 2.25. The summed E-state index contributed by atoms with van der Waals surface area (Å²) in [6, 6.07) is 3.90. The maximum Gasteiger partial charge on any atom is 0.224 e. The summed E-state index contributed by atoms with van der Waals surface area (Å²) in [6.07, 6.45) is 10.5. The molecule has 0 spiro atoms. The Hall–Kier alpha value is -2.37. The van der Waals surface area contributed by atoms with Crippen molar-refractivity contribution in [2.75, 3.05) is 18.0 Å². The van der Waals surface area contributed by atoms with Crippen LogP contribution in [0.5, 0.6) is 0 Å². The number of carbonyl (C=O) groups is 2. The van der Waals surface area contributed by atoms with Crippen LogP contribution < -0.4 is 16.0 Å². The highest BCUT2D eigenvalue weighted by Crippen LogP contribution is 2.24. The number of nitrogens with two attached hydrogens (primary N) is 1. The summed E-state index contributed by atoms with van der Waals surface area (Å²) in [5.41, 5.74) is 7.68. The second-order valence-corrected chi connectivity index (χ2v) is 7.21. The monoisotopic (exact) mass is 356 g/mol. The van der Waals surface area contributed by atoms with Crippen LogP contribution in [0.4, 0.5) is 5.82 Å². The fourth-order valence-corrected chi connectivity index (χ4v) is 3.76. The summed E-state index contributed by atoms with van der Waals surface area (Å²) in [7, 11) is 0. The predicted octanol–water partition coefficient (Wildman–Crippen LogP) is 2.29. The molecule has 1 aliphatic heterocycles. The summed E-state index contributed by atoms with van der Waals surface area (Å²) < 4.78 is 0.